The number of rotatable bonds is 18. The number of hydrogen-bond donors (Lipinski definition) is 8. The van der Waals surface area contributed by atoms with Gasteiger partial charge in [-0.2, -0.15) is 0 Å². The second-order valence-corrected chi connectivity index (χ2v) is 8.59. The smallest absolute Gasteiger partial charge is 0.326 e. The average Bonchev–Trinajstić information content (AvgIpc) is 2.77. The summed E-state index contributed by atoms with van der Waals surface area (Å²) in [5.41, 5.74) is 21.6. The third-order valence-corrected chi connectivity index (χ3v) is 5.21. The second kappa shape index (κ2) is 16.4. The number of carboxylic acids is 1. The van der Waals surface area contributed by atoms with Gasteiger partial charge in [0.05, 0.1) is 6.04 Å². The second-order valence-electron chi connectivity index (χ2n) is 8.59. The summed E-state index contributed by atoms with van der Waals surface area (Å²) in [6, 6.07) is -4.70. The Morgan fingerprint density at radius 3 is 1.57 bits per heavy atom. The van der Waals surface area contributed by atoms with Gasteiger partial charge in [0, 0.05) is 12.8 Å². The molecule has 0 rings (SSSR count). The minimum atomic E-state index is -1.45. The predicted molar refractivity (Wildman–Crippen MR) is 126 cm³/mol. The van der Waals surface area contributed by atoms with Crippen LogP contribution in [-0.2, 0) is 28.8 Å². The molecular weight excluding hydrogens is 462 g/mol. The van der Waals surface area contributed by atoms with Gasteiger partial charge in [-0.25, -0.2) is 4.79 Å². The van der Waals surface area contributed by atoms with Gasteiger partial charge in [0.1, 0.15) is 18.1 Å². The van der Waals surface area contributed by atoms with Crippen molar-refractivity contribution < 1.29 is 33.9 Å². The fraction of sp³-hybridized carbons (Fsp3) is 0.714. The van der Waals surface area contributed by atoms with Crippen molar-refractivity contribution in [2.24, 2.45) is 28.9 Å². The molecule has 12 N–H and O–H groups in total. The van der Waals surface area contributed by atoms with Crippen LogP contribution in [0.25, 0.3) is 0 Å². The van der Waals surface area contributed by atoms with E-state index < -0.39 is 59.7 Å². The van der Waals surface area contributed by atoms with Gasteiger partial charge in [-0.3, -0.25) is 24.0 Å². The molecule has 14 heteroatoms. The van der Waals surface area contributed by atoms with Crippen LogP contribution in [-0.4, -0.2) is 71.3 Å². The summed E-state index contributed by atoms with van der Waals surface area (Å²) in [7, 11) is 0. The van der Waals surface area contributed by atoms with Gasteiger partial charge in [0.2, 0.25) is 29.5 Å². The molecule has 0 bridgehead atoms. The molecule has 0 aliphatic rings. The van der Waals surface area contributed by atoms with Crippen molar-refractivity contribution in [3.05, 3.63) is 0 Å². The predicted octanol–water partition coefficient (Wildman–Crippen LogP) is -2.83. The number of carbonyl (C=O) groups excluding carboxylic acids is 5. The molecule has 0 aromatic rings. The van der Waals surface area contributed by atoms with Crippen molar-refractivity contribution >= 4 is 35.5 Å². The van der Waals surface area contributed by atoms with Crippen molar-refractivity contribution in [3.63, 3.8) is 0 Å². The molecule has 0 saturated carbocycles. The number of unbranched alkanes of at least 4 members (excludes halogenated alkanes) is 1. The van der Waals surface area contributed by atoms with E-state index in [0.29, 0.717) is 19.4 Å². The molecule has 0 aliphatic heterocycles. The Hall–Kier alpha value is -3.26. The summed E-state index contributed by atoms with van der Waals surface area (Å²) in [4.78, 5) is 71.9. The van der Waals surface area contributed by atoms with E-state index in [4.69, 9.17) is 22.9 Å². The Labute approximate surface area is 204 Å². The maximum Gasteiger partial charge on any atom is 0.326 e. The molecule has 0 fully saturated rings. The lowest BCUT2D eigenvalue weighted by Gasteiger charge is -2.25. The van der Waals surface area contributed by atoms with Crippen molar-refractivity contribution in [2.75, 3.05) is 6.54 Å². The SMILES string of the molecule is CC(C)C(N)C(=O)NC(CCCCN)C(=O)NC(CCC(N)=O)C(=O)NC(CCC(N)=O)C(=O)O. The molecule has 0 aliphatic carbocycles. The van der Waals surface area contributed by atoms with Gasteiger partial charge in [0.25, 0.3) is 0 Å². The van der Waals surface area contributed by atoms with Crippen LogP contribution in [0.5, 0.6) is 0 Å². The first-order valence-electron chi connectivity index (χ1n) is 11.5. The summed E-state index contributed by atoms with van der Waals surface area (Å²) in [6.45, 7) is 3.86. The van der Waals surface area contributed by atoms with E-state index in [1.165, 1.54) is 0 Å². The zero-order valence-corrected chi connectivity index (χ0v) is 20.2. The Morgan fingerprint density at radius 1 is 0.714 bits per heavy atom. The van der Waals surface area contributed by atoms with Crippen molar-refractivity contribution in [2.45, 2.75) is 83.0 Å². The van der Waals surface area contributed by atoms with Crippen LogP contribution in [0, 0.1) is 5.92 Å². The third-order valence-electron chi connectivity index (χ3n) is 5.21. The van der Waals surface area contributed by atoms with Crippen LogP contribution in [0.1, 0.15) is 58.8 Å². The largest absolute Gasteiger partial charge is 0.480 e. The first-order valence-corrected chi connectivity index (χ1v) is 11.5. The monoisotopic (exact) mass is 501 g/mol. The number of carboxylic acid groups (broad SMARTS) is 1. The highest BCUT2D eigenvalue weighted by Crippen LogP contribution is 2.07. The summed E-state index contributed by atoms with van der Waals surface area (Å²) < 4.78 is 0. The molecule has 14 nitrogen and oxygen atoms in total. The number of aliphatic carboxylic acids is 1. The van der Waals surface area contributed by atoms with Gasteiger partial charge < -0.3 is 44.0 Å². The molecule has 0 radical (unpaired) electrons. The molecule has 0 saturated heterocycles. The van der Waals surface area contributed by atoms with Gasteiger partial charge in [-0.15, -0.1) is 0 Å². The summed E-state index contributed by atoms with van der Waals surface area (Å²) in [5, 5.41) is 16.6. The van der Waals surface area contributed by atoms with Crippen molar-refractivity contribution in [1.82, 2.24) is 16.0 Å². The number of nitrogens with two attached hydrogens (primary N) is 4. The van der Waals surface area contributed by atoms with Crippen LogP contribution >= 0.6 is 0 Å². The van der Waals surface area contributed by atoms with E-state index in [-0.39, 0.29) is 38.0 Å². The van der Waals surface area contributed by atoms with E-state index in [1.807, 2.05) is 0 Å². The lowest BCUT2D eigenvalue weighted by atomic mass is 10.0. The summed E-state index contributed by atoms with van der Waals surface area (Å²) in [6.07, 6.45) is 0.238. The van der Waals surface area contributed by atoms with Crippen molar-refractivity contribution in [1.29, 1.82) is 0 Å². The Balaban J connectivity index is 5.59. The van der Waals surface area contributed by atoms with E-state index in [9.17, 15) is 33.9 Å². The molecule has 35 heavy (non-hydrogen) atoms. The van der Waals surface area contributed by atoms with E-state index in [0.717, 1.165) is 0 Å². The highest BCUT2D eigenvalue weighted by molar-refractivity contribution is 5.94. The van der Waals surface area contributed by atoms with E-state index in [1.54, 1.807) is 13.8 Å². The maximum atomic E-state index is 13.0. The zero-order chi connectivity index (χ0) is 27.1. The molecular formula is C21H39N7O7. The minimum absolute atomic E-state index is 0.190. The van der Waals surface area contributed by atoms with Crippen LogP contribution in [0.4, 0.5) is 0 Å². The Morgan fingerprint density at radius 2 is 1.14 bits per heavy atom. The van der Waals surface area contributed by atoms with E-state index in [2.05, 4.69) is 16.0 Å². The molecule has 200 valence electrons. The van der Waals surface area contributed by atoms with Crippen LogP contribution in [0.15, 0.2) is 0 Å². The lowest BCUT2D eigenvalue weighted by Crippen LogP contribution is -2.57. The quantitative estimate of drug-likeness (QED) is 0.0898. The summed E-state index contributed by atoms with van der Waals surface area (Å²) >= 11 is 0. The molecule has 4 unspecified atom stereocenters. The molecule has 4 atom stereocenters. The van der Waals surface area contributed by atoms with Crippen LogP contribution in [0.2, 0.25) is 0 Å². The highest BCUT2D eigenvalue weighted by Gasteiger charge is 2.30. The number of hydrogen-bond acceptors (Lipinski definition) is 8. The highest BCUT2D eigenvalue weighted by atomic mass is 16.4. The fourth-order valence-corrected chi connectivity index (χ4v) is 2.98. The van der Waals surface area contributed by atoms with Gasteiger partial charge in [0.15, 0.2) is 0 Å². The summed E-state index contributed by atoms with van der Waals surface area (Å²) in [5.74, 6) is -5.26. The van der Waals surface area contributed by atoms with Gasteiger partial charge in [-0.05, 0) is 44.6 Å². The maximum absolute atomic E-state index is 13.0. The zero-order valence-electron chi connectivity index (χ0n) is 20.2. The first kappa shape index (κ1) is 31.7. The number of carbonyl (C=O) groups is 6. The number of amides is 5. The first-order chi connectivity index (χ1) is 16.3. The normalized spacial score (nSPS) is 14.3. The molecule has 0 spiro atoms. The number of primary amides is 2. The third kappa shape index (κ3) is 13.3. The topological polar surface area (TPSA) is 263 Å². The molecule has 5 amide bonds. The van der Waals surface area contributed by atoms with Crippen molar-refractivity contribution in [3.8, 4) is 0 Å². The average molecular weight is 502 g/mol. The fourth-order valence-electron chi connectivity index (χ4n) is 2.98. The van der Waals surface area contributed by atoms with E-state index >= 15 is 0 Å². The lowest BCUT2D eigenvalue weighted by molar-refractivity contribution is -0.142. The number of nitrogens with one attached hydrogen (secondary N) is 3. The Bertz CT molecular complexity index is 760. The van der Waals surface area contributed by atoms with Gasteiger partial charge >= 0.3 is 5.97 Å². The molecule has 0 heterocycles. The standard InChI is InChI=1S/C21H39N7O7/c1-11(2)17(25)20(33)27-12(5-3-4-10-22)18(31)26-13(6-8-15(23)29)19(32)28-14(21(34)35)7-9-16(24)30/h11-14,17H,3-10,22,25H2,1-2H3,(H2,23,29)(H2,24,30)(H,26,31)(H,27,33)(H,28,32)(H,34,35). The minimum Gasteiger partial charge on any atom is -0.480 e. The van der Waals surface area contributed by atoms with Crippen LogP contribution in [0.3, 0.4) is 0 Å². The molecule has 0 aromatic heterocycles. The Kier molecular flexibility index (Phi) is 14.9. The van der Waals surface area contributed by atoms with Gasteiger partial charge in [-0.1, -0.05) is 13.8 Å². The molecule has 0 aromatic carbocycles. The van der Waals surface area contributed by atoms with Crippen LogP contribution < -0.4 is 38.9 Å².